The van der Waals surface area contributed by atoms with E-state index in [0.29, 0.717) is 0 Å². The summed E-state index contributed by atoms with van der Waals surface area (Å²) in [6, 6.07) is 0. The number of hydrogen-bond acceptors (Lipinski definition) is 2. The first-order chi connectivity index (χ1) is 2.89. The molecule has 0 bridgehead atoms. The molecule has 0 saturated carbocycles. The molecule has 0 unspecified atom stereocenters. The van der Waals surface area contributed by atoms with Crippen molar-refractivity contribution in [1.29, 1.82) is 0 Å². The quantitative estimate of drug-likeness (QED) is 0.378. The van der Waals surface area contributed by atoms with Gasteiger partial charge in [0, 0.05) is 6.20 Å². The molecule has 1 aromatic rings. The minimum Gasteiger partial charge on any atom is -1.00 e. The Hall–Kier alpha value is 0.646. The van der Waals surface area contributed by atoms with E-state index >= 15 is 0 Å². The molecular weight excluding hydrogens is 121 g/mol. The molecule has 0 atom stereocenters. The Morgan fingerprint density at radius 1 is 1.86 bits per heavy atom. The van der Waals surface area contributed by atoms with Crippen LogP contribution < -0.4 is 57.1 Å². The van der Waals surface area contributed by atoms with Gasteiger partial charge in [0.2, 0.25) is 0 Å². The Balaban J connectivity index is 0. The van der Waals surface area contributed by atoms with E-state index in [1.54, 1.807) is 0 Å². The Labute approximate surface area is 84.0 Å². The van der Waals surface area contributed by atoms with Crippen molar-refractivity contribution in [2.45, 2.75) is 0 Å². The number of aromatic nitrogens is 1. The fraction of sp³-hybridized carbons (Fsp3) is 0. The molecule has 0 aromatic carbocycles. The van der Waals surface area contributed by atoms with Crippen LogP contribution in [-0.4, -0.2) is 4.98 Å². The van der Waals surface area contributed by atoms with E-state index in [4.69, 9.17) is 0 Å². The number of nitrogens with one attached hydrogen (secondary N) is 1. The monoisotopic (exact) mass is 125 g/mol. The third kappa shape index (κ3) is 2.45. The first-order valence-electron chi connectivity index (χ1n) is 1.52. The van der Waals surface area contributed by atoms with E-state index in [1.165, 1.54) is 12.5 Å². The van der Waals surface area contributed by atoms with E-state index in [2.05, 4.69) is 9.40 Å². The van der Waals surface area contributed by atoms with Gasteiger partial charge in [-0.05, 0) is 0 Å². The van der Waals surface area contributed by atoms with Gasteiger partial charge in [0.1, 0.15) is 6.26 Å². The van der Waals surface area contributed by atoms with Gasteiger partial charge in [-0.25, -0.2) is 4.79 Å². The molecule has 1 N–H and O–H groups in total. The molecule has 0 radical (unpaired) electrons. The van der Waals surface area contributed by atoms with Crippen LogP contribution in [0.5, 0.6) is 0 Å². The van der Waals surface area contributed by atoms with Crippen LogP contribution in [0, 0.1) is 0 Å². The maximum atomic E-state index is 9.85. The first-order valence-corrected chi connectivity index (χ1v) is 1.52. The molecule has 4 heteroatoms. The maximum absolute atomic E-state index is 9.85. The molecule has 1 aromatic heterocycles. The predicted octanol–water partition coefficient (Wildman–Crippen LogP) is -2.92. The summed E-state index contributed by atoms with van der Waals surface area (Å²) < 4.78 is 4.22. The molecule has 0 spiro atoms. The Bertz CT molecular complexity index is 155. The summed E-state index contributed by atoms with van der Waals surface area (Å²) in [5, 5.41) is 0. The predicted molar refractivity (Wildman–Crippen MR) is 20.4 cm³/mol. The van der Waals surface area contributed by atoms with Crippen molar-refractivity contribution in [3.8, 4) is 0 Å². The summed E-state index contributed by atoms with van der Waals surface area (Å²) >= 11 is 0. The van der Waals surface area contributed by atoms with E-state index in [0.717, 1.165) is 0 Å². The maximum Gasteiger partial charge on any atom is 1.00 e. The largest absolute Gasteiger partial charge is 1.00 e. The van der Waals surface area contributed by atoms with E-state index in [-0.39, 0.29) is 52.8 Å². The average Bonchev–Trinajstić information content (AvgIpc) is 1.86. The molecule has 7 heavy (non-hydrogen) atoms. The zero-order chi connectivity index (χ0) is 4.41. The molecule has 34 valence electrons. The SMILES string of the molecule is O=c1[nH]cco1.[H-].[K+]. The van der Waals surface area contributed by atoms with E-state index < -0.39 is 5.76 Å². The summed E-state index contributed by atoms with van der Waals surface area (Å²) in [5.41, 5.74) is 0. The van der Waals surface area contributed by atoms with Crippen LogP contribution in [0.25, 0.3) is 0 Å². The Kier molecular flexibility index (Phi) is 3.96. The van der Waals surface area contributed by atoms with Crippen LogP contribution in [0.3, 0.4) is 0 Å². The first kappa shape index (κ1) is 7.65. The van der Waals surface area contributed by atoms with Crippen molar-refractivity contribution in [3.63, 3.8) is 0 Å². The van der Waals surface area contributed by atoms with E-state index in [1.807, 2.05) is 0 Å². The van der Waals surface area contributed by atoms with Crippen LogP contribution >= 0.6 is 0 Å². The van der Waals surface area contributed by atoms with Crippen LogP contribution in [0.2, 0.25) is 0 Å². The molecule has 0 aliphatic heterocycles. The fourth-order valence-corrected chi connectivity index (χ4v) is 0.232. The van der Waals surface area contributed by atoms with Crippen molar-refractivity contribution < 1.29 is 57.2 Å². The molecule has 0 aliphatic rings. The molecule has 0 fully saturated rings. The second-order valence-corrected chi connectivity index (χ2v) is 0.852. The molecule has 3 nitrogen and oxygen atoms in total. The van der Waals surface area contributed by atoms with Gasteiger partial charge in [-0.3, -0.25) is 4.98 Å². The van der Waals surface area contributed by atoms with Gasteiger partial charge in [-0.1, -0.05) is 0 Å². The molecule has 0 amide bonds. The molecular formula is C3H4KNO2. The summed E-state index contributed by atoms with van der Waals surface area (Å²) in [4.78, 5) is 12.1. The van der Waals surface area contributed by atoms with Gasteiger partial charge in [0.25, 0.3) is 0 Å². The van der Waals surface area contributed by atoms with Crippen LogP contribution in [0.4, 0.5) is 0 Å². The fourth-order valence-electron chi connectivity index (χ4n) is 0.232. The Morgan fingerprint density at radius 3 is 2.71 bits per heavy atom. The average molecular weight is 125 g/mol. The van der Waals surface area contributed by atoms with Crippen LogP contribution in [-0.2, 0) is 0 Å². The zero-order valence-electron chi connectivity index (χ0n) is 4.97. The van der Waals surface area contributed by atoms with Gasteiger partial charge in [0.05, 0.1) is 0 Å². The smallest absolute Gasteiger partial charge is 1.00 e. The number of rotatable bonds is 0. The summed E-state index contributed by atoms with van der Waals surface area (Å²) in [6.45, 7) is 0. The van der Waals surface area contributed by atoms with Gasteiger partial charge in [-0.2, -0.15) is 0 Å². The topological polar surface area (TPSA) is 46.0 Å². The van der Waals surface area contributed by atoms with Gasteiger partial charge < -0.3 is 5.84 Å². The van der Waals surface area contributed by atoms with Crippen molar-refractivity contribution in [2.24, 2.45) is 0 Å². The third-order valence-electron chi connectivity index (χ3n) is 0.444. The van der Waals surface area contributed by atoms with Gasteiger partial charge >= 0.3 is 57.1 Å². The van der Waals surface area contributed by atoms with E-state index in [9.17, 15) is 4.79 Å². The second-order valence-electron chi connectivity index (χ2n) is 0.852. The summed E-state index contributed by atoms with van der Waals surface area (Å²) in [5.74, 6) is -0.407. The van der Waals surface area contributed by atoms with Crippen molar-refractivity contribution in [1.82, 2.24) is 4.98 Å². The molecule has 0 saturated heterocycles. The minimum atomic E-state index is -0.407. The second kappa shape index (κ2) is 3.62. The molecule has 0 aliphatic carbocycles. The molecule has 1 heterocycles. The summed E-state index contributed by atoms with van der Waals surface area (Å²) in [6.07, 6.45) is 2.73. The standard InChI is InChI=1S/C3H3NO2.K.H/c5-3-4-1-2-6-3;;/h1-2H,(H,4,5);;/q;+1;-1. The third-order valence-corrected chi connectivity index (χ3v) is 0.444. The van der Waals surface area contributed by atoms with Crippen LogP contribution in [0.1, 0.15) is 1.43 Å². The van der Waals surface area contributed by atoms with Crippen LogP contribution in [0.15, 0.2) is 21.7 Å². The number of aromatic amines is 1. The molecule has 1 rings (SSSR count). The zero-order valence-corrected chi connectivity index (χ0v) is 7.09. The Morgan fingerprint density at radius 2 is 2.57 bits per heavy atom. The van der Waals surface area contributed by atoms with Crippen molar-refractivity contribution in [2.75, 3.05) is 0 Å². The van der Waals surface area contributed by atoms with Crippen molar-refractivity contribution in [3.05, 3.63) is 23.0 Å². The minimum absolute atomic E-state index is 0. The number of hydrogen-bond donors (Lipinski definition) is 1. The van der Waals surface area contributed by atoms with Gasteiger partial charge in [-0.15, -0.1) is 0 Å². The number of oxazole rings is 1. The normalized spacial score (nSPS) is 7.43. The summed E-state index contributed by atoms with van der Waals surface area (Å²) in [7, 11) is 0. The number of H-pyrrole nitrogens is 1. The van der Waals surface area contributed by atoms with Crippen molar-refractivity contribution >= 4 is 0 Å². The van der Waals surface area contributed by atoms with Gasteiger partial charge in [0.15, 0.2) is 0 Å².